The second kappa shape index (κ2) is 7.20. The molecular weight excluding hydrogens is 373 g/mol. The summed E-state index contributed by atoms with van der Waals surface area (Å²) in [6.45, 7) is 6.44. The number of anilines is 2. The molecule has 0 amide bonds. The number of benzene rings is 2. The maximum Gasteiger partial charge on any atom is 0.243 e. The van der Waals surface area contributed by atoms with Crippen molar-refractivity contribution >= 4 is 32.4 Å². The fourth-order valence-corrected chi connectivity index (χ4v) is 3.82. The first-order chi connectivity index (χ1) is 13.4. The minimum Gasteiger partial charge on any atom is -0.437 e. The molecule has 2 aromatic carbocycles. The smallest absolute Gasteiger partial charge is 0.243 e. The van der Waals surface area contributed by atoms with Gasteiger partial charge in [-0.05, 0) is 41.8 Å². The van der Waals surface area contributed by atoms with Crippen LogP contribution < -0.4 is 10.1 Å². The number of thiazole rings is 1. The van der Waals surface area contributed by atoms with Gasteiger partial charge in [0, 0.05) is 11.8 Å². The number of para-hydroxylation sites is 1. The van der Waals surface area contributed by atoms with Gasteiger partial charge in [0.1, 0.15) is 17.3 Å². The van der Waals surface area contributed by atoms with Crippen LogP contribution in [0.1, 0.15) is 26.3 Å². The molecule has 0 fully saturated rings. The van der Waals surface area contributed by atoms with Crippen molar-refractivity contribution in [2.24, 2.45) is 0 Å². The fourth-order valence-electron chi connectivity index (χ4n) is 2.91. The number of nitrogens with zero attached hydrogens (tertiary/aromatic N) is 2. The molecule has 2 heterocycles. The molecular formula is C22H20FN3OS. The van der Waals surface area contributed by atoms with E-state index in [1.807, 2.05) is 30.3 Å². The molecule has 0 unspecified atom stereocenters. The number of hydrogen-bond donors (Lipinski definition) is 1. The Morgan fingerprint density at radius 3 is 2.68 bits per heavy atom. The Morgan fingerprint density at radius 2 is 1.86 bits per heavy atom. The molecule has 0 aliphatic carbocycles. The van der Waals surface area contributed by atoms with Crippen LogP contribution >= 0.6 is 11.3 Å². The van der Waals surface area contributed by atoms with E-state index in [0.717, 1.165) is 21.5 Å². The standard InChI is InChI=1S/C22H20FN3OS/c1-22(2,3)15-7-4-5-9-18(15)27-20-17(8-6-12-24-20)26-21-25-16-11-10-14(23)13-19(16)28-21/h4-13H,1-3H3,(H,25,26). The van der Waals surface area contributed by atoms with E-state index in [0.29, 0.717) is 16.7 Å². The third kappa shape index (κ3) is 3.82. The predicted octanol–water partition coefficient (Wildman–Crippen LogP) is 6.66. The molecule has 0 aliphatic rings. The van der Waals surface area contributed by atoms with Gasteiger partial charge in [-0.1, -0.05) is 50.3 Å². The Kier molecular flexibility index (Phi) is 4.73. The first-order valence-electron chi connectivity index (χ1n) is 8.96. The molecule has 0 radical (unpaired) electrons. The van der Waals surface area contributed by atoms with Crippen LogP contribution in [0.4, 0.5) is 15.2 Å². The minimum atomic E-state index is -0.271. The summed E-state index contributed by atoms with van der Waals surface area (Å²) in [6, 6.07) is 16.2. The third-order valence-electron chi connectivity index (χ3n) is 4.26. The van der Waals surface area contributed by atoms with E-state index >= 15 is 0 Å². The summed E-state index contributed by atoms with van der Waals surface area (Å²) in [6.07, 6.45) is 1.69. The summed E-state index contributed by atoms with van der Waals surface area (Å²) in [4.78, 5) is 8.90. The molecule has 0 bridgehead atoms. The summed E-state index contributed by atoms with van der Waals surface area (Å²) in [5, 5.41) is 3.91. The van der Waals surface area contributed by atoms with Crippen LogP contribution in [0.3, 0.4) is 0 Å². The number of hydrogen-bond acceptors (Lipinski definition) is 5. The predicted molar refractivity (Wildman–Crippen MR) is 112 cm³/mol. The molecule has 0 saturated heterocycles. The third-order valence-corrected chi connectivity index (χ3v) is 5.20. The zero-order valence-electron chi connectivity index (χ0n) is 15.9. The highest BCUT2D eigenvalue weighted by atomic mass is 32.1. The minimum absolute atomic E-state index is 0.0595. The largest absolute Gasteiger partial charge is 0.437 e. The van der Waals surface area contributed by atoms with Gasteiger partial charge >= 0.3 is 0 Å². The van der Waals surface area contributed by atoms with Gasteiger partial charge < -0.3 is 10.1 Å². The maximum absolute atomic E-state index is 13.4. The number of nitrogens with one attached hydrogen (secondary N) is 1. The lowest BCUT2D eigenvalue weighted by Crippen LogP contribution is -2.12. The topological polar surface area (TPSA) is 47.0 Å². The van der Waals surface area contributed by atoms with Gasteiger partial charge in [0.2, 0.25) is 5.88 Å². The molecule has 4 rings (SSSR count). The van der Waals surface area contributed by atoms with Gasteiger partial charge in [-0.25, -0.2) is 14.4 Å². The summed E-state index contributed by atoms with van der Waals surface area (Å²) in [5.41, 5.74) is 2.49. The Labute approximate surface area is 167 Å². The Balaban J connectivity index is 1.66. The molecule has 2 aromatic heterocycles. The lowest BCUT2D eigenvalue weighted by Gasteiger charge is -2.22. The van der Waals surface area contributed by atoms with Crippen molar-refractivity contribution in [3.8, 4) is 11.6 Å². The molecule has 0 atom stereocenters. The second-order valence-corrected chi connectivity index (χ2v) is 8.49. The average Bonchev–Trinajstić information content (AvgIpc) is 3.04. The quantitative estimate of drug-likeness (QED) is 0.421. The Hall–Kier alpha value is -2.99. The summed E-state index contributed by atoms with van der Waals surface area (Å²) < 4.78 is 20.4. The molecule has 4 aromatic rings. The lowest BCUT2D eigenvalue weighted by molar-refractivity contribution is 0.442. The van der Waals surface area contributed by atoms with Crippen LogP contribution in [0, 0.1) is 5.82 Å². The van der Waals surface area contributed by atoms with Gasteiger partial charge in [0.15, 0.2) is 5.13 Å². The number of aromatic nitrogens is 2. The van der Waals surface area contributed by atoms with Gasteiger partial charge in [-0.2, -0.15) is 0 Å². The number of rotatable bonds is 4. The highest BCUT2D eigenvalue weighted by molar-refractivity contribution is 7.22. The Bertz CT molecular complexity index is 1130. The van der Waals surface area contributed by atoms with Crippen LogP contribution in [0.25, 0.3) is 10.2 Å². The van der Waals surface area contributed by atoms with E-state index in [1.54, 1.807) is 12.3 Å². The number of fused-ring (bicyclic) bond motifs is 1. The second-order valence-electron chi connectivity index (χ2n) is 7.46. The van der Waals surface area contributed by atoms with Crippen LogP contribution in [-0.2, 0) is 5.41 Å². The molecule has 142 valence electrons. The van der Waals surface area contributed by atoms with Crippen LogP contribution in [-0.4, -0.2) is 9.97 Å². The number of ether oxygens (including phenoxy) is 1. The molecule has 28 heavy (non-hydrogen) atoms. The van der Waals surface area contributed by atoms with Crippen LogP contribution in [0.15, 0.2) is 60.8 Å². The highest BCUT2D eigenvalue weighted by Gasteiger charge is 2.20. The molecule has 4 nitrogen and oxygen atoms in total. The van der Waals surface area contributed by atoms with Crippen LogP contribution in [0.2, 0.25) is 0 Å². The number of halogens is 1. The van der Waals surface area contributed by atoms with E-state index in [2.05, 4.69) is 42.1 Å². The van der Waals surface area contributed by atoms with Gasteiger partial charge in [0.05, 0.1) is 10.2 Å². The van der Waals surface area contributed by atoms with E-state index in [9.17, 15) is 4.39 Å². The number of pyridine rings is 1. The van der Waals surface area contributed by atoms with Gasteiger partial charge in [-0.3, -0.25) is 0 Å². The molecule has 6 heteroatoms. The van der Waals surface area contributed by atoms with Crippen LogP contribution in [0.5, 0.6) is 11.6 Å². The van der Waals surface area contributed by atoms with E-state index in [-0.39, 0.29) is 11.2 Å². The molecule has 0 saturated carbocycles. The summed E-state index contributed by atoms with van der Waals surface area (Å²) >= 11 is 1.38. The zero-order valence-corrected chi connectivity index (χ0v) is 16.7. The zero-order chi connectivity index (χ0) is 19.7. The SMILES string of the molecule is CC(C)(C)c1ccccc1Oc1ncccc1Nc1nc2ccc(F)cc2s1. The van der Waals surface area contributed by atoms with Gasteiger partial charge in [-0.15, -0.1) is 0 Å². The van der Waals surface area contributed by atoms with Crippen molar-refractivity contribution in [2.45, 2.75) is 26.2 Å². The first kappa shape index (κ1) is 18.4. The summed E-state index contributed by atoms with van der Waals surface area (Å²) in [5.74, 6) is 0.958. The lowest BCUT2D eigenvalue weighted by atomic mass is 9.86. The normalized spacial score (nSPS) is 11.6. The summed E-state index contributed by atoms with van der Waals surface area (Å²) in [7, 11) is 0. The van der Waals surface area contributed by atoms with E-state index in [1.165, 1.54) is 23.5 Å². The molecule has 1 N–H and O–H groups in total. The van der Waals surface area contributed by atoms with Crippen molar-refractivity contribution in [3.63, 3.8) is 0 Å². The van der Waals surface area contributed by atoms with E-state index < -0.39 is 0 Å². The van der Waals surface area contributed by atoms with E-state index in [4.69, 9.17) is 4.74 Å². The fraction of sp³-hybridized carbons (Fsp3) is 0.182. The average molecular weight is 393 g/mol. The van der Waals surface area contributed by atoms with Crippen molar-refractivity contribution in [3.05, 3.63) is 72.2 Å². The van der Waals surface area contributed by atoms with Crippen molar-refractivity contribution < 1.29 is 9.13 Å². The van der Waals surface area contributed by atoms with Gasteiger partial charge in [0.25, 0.3) is 0 Å². The highest BCUT2D eigenvalue weighted by Crippen LogP contribution is 2.37. The monoisotopic (exact) mass is 393 g/mol. The Morgan fingerprint density at radius 1 is 1.04 bits per heavy atom. The maximum atomic E-state index is 13.4. The molecule has 0 spiro atoms. The molecule has 0 aliphatic heterocycles. The van der Waals surface area contributed by atoms with Crippen molar-refractivity contribution in [1.82, 2.24) is 9.97 Å². The van der Waals surface area contributed by atoms with Crippen molar-refractivity contribution in [2.75, 3.05) is 5.32 Å². The first-order valence-corrected chi connectivity index (χ1v) is 9.77. The van der Waals surface area contributed by atoms with Crippen molar-refractivity contribution in [1.29, 1.82) is 0 Å².